The first kappa shape index (κ1) is 13.9. The van der Waals surface area contributed by atoms with Crippen LogP contribution in [0.25, 0.3) is 0 Å². The first-order valence-corrected chi connectivity index (χ1v) is 7.14. The normalized spacial score (nSPS) is 13.2. The van der Waals surface area contributed by atoms with Gasteiger partial charge in [0.2, 0.25) is 0 Å². The molecule has 1 heterocycles. The Kier molecular flexibility index (Phi) is 3.80. The molecule has 1 aliphatic heterocycles. The minimum atomic E-state index is -0.462. The van der Waals surface area contributed by atoms with E-state index in [1.165, 1.54) is 17.7 Å². The Morgan fingerprint density at radius 3 is 2.90 bits per heavy atom. The van der Waals surface area contributed by atoms with Crippen LogP contribution in [0.2, 0.25) is 5.02 Å². The van der Waals surface area contributed by atoms with Crippen LogP contribution in [-0.4, -0.2) is 12.5 Å². The van der Waals surface area contributed by atoms with E-state index in [0.29, 0.717) is 5.69 Å². The van der Waals surface area contributed by atoms with Crippen LogP contribution in [-0.2, 0) is 6.42 Å². The molecule has 2 N–H and O–H groups in total. The maximum atomic E-state index is 13.0. The summed E-state index contributed by atoms with van der Waals surface area (Å²) in [5, 5.41) is 6.21. The molecule has 1 amide bonds. The Bertz CT molecular complexity index is 703. The van der Waals surface area contributed by atoms with Crippen molar-refractivity contribution in [1.82, 2.24) is 0 Å². The fourth-order valence-corrected chi connectivity index (χ4v) is 2.68. The monoisotopic (exact) mass is 304 g/mol. The third kappa shape index (κ3) is 3.00. The molecule has 108 valence electrons. The highest BCUT2D eigenvalue weighted by Crippen LogP contribution is 2.26. The number of carbonyl (C=O) groups is 1. The van der Waals surface area contributed by atoms with Gasteiger partial charge in [-0.1, -0.05) is 11.6 Å². The molecule has 3 rings (SSSR count). The molecule has 5 heteroatoms. The summed E-state index contributed by atoms with van der Waals surface area (Å²) >= 11 is 5.90. The van der Waals surface area contributed by atoms with Crippen molar-refractivity contribution in [2.75, 3.05) is 17.2 Å². The second kappa shape index (κ2) is 5.74. The number of aryl methyl sites for hydroxylation is 1. The van der Waals surface area contributed by atoms with Crippen molar-refractivity contribution in [2.45, 2.75) is 12.8 Å². The van der Waals surface area contributed by atoms with Gasteiger partial charge in [-0.05, 0) is 54.8 Å². The van der Waals surface area contributed by atoms with Crippen molar-refractivity contribution >= 4 is 28.9 Å². The Morgan fingerprint density at radius 2 is 2.10 bits per heavy atom. The summed E-state index contributed by atoms with van der Waals surface area (Å²) < 4.78 is 13.0. The van der Waals surface area contributed by atoms with Crippen LogP contribution in [0.4, 0.5) is 15.8 Å². The molecule has 0 aliphatic carbocycles. The minimum Gasteiger partial charge on any atom is -0.385 e. The standard InChI is InChI=1S/C16H14ClFN2O/c17-14-9-11(18)3-5-13(14)16(21)20-12-4-6-15-10(8-12)2-1-7-19-15/h3-6,8-9,19H,1-2,7H2,(H,20,21). The van der Waals surface area contributed by atoms with E-state index in [2.05, 4.69) is 10.6 Å². The van der Waals surface area contributed by atoms with Gasteiger partial charge < -0.3 is 10.6 Å². The summed E-state index contributed by atoms with van der Waals surface area (Å²) in [5.41, 5.74) is 3.26. The lowest BCUT2D eigenvalue weighted by molar-refractivity contribution is 0.102. The molecule has 0 unspecified atom stereocenters. The minimum absolute atomic E-state index is 0.104. The van der Waals surface area contributed by atoms with Crippen molar-refractivity contribution < 1.29 is 9.18 Å². The number of hydrogen-bond acceptors (Lipinski definition) is 2. The highest BCUT2D eigenvalue weighted by molar-refractivity contribution is 6.34. The van der Waals surface area contributed by atoms with Crippen molar-refractivity contribution in [3.8, 4) is 0 Å². The summed E-state index contributed by atoms with van der Waals surface area (Å²) in [7, 11) is 0. The van der Waals surface area contributed by atoms with Crippen LogP contribution in [0.1, 0.15) is 22.3 Å². The van der Waals surface area contributed by atoms with Crippen molar-refractivity contribution in [1.29, 1.82) is 0 Å². The maximum Gasteiger partial charge on any atom is 0.257 e. The van der Waals surface area contributed by atoms with Crippen molar-refractivity contribution in [3.05, 3.63) is 58.4 Å². The number of hydrogen-bond donors (Lipinski definition) is 2. The molecule has 0 aromatic heterocycles. The molecule has 21 heavy (non-hydrogen) atoms. The molecule has 0 saturated carbocycles. The highest BCUT2D eigenvalue weighted by atomic mass is 35.5. The van der Waals surface area contributed by atoms with Gasteiger partial charge in [-0.3, -0.25) is 4.79 Å². The molecule has 0 radical (unpaired) electrons. The molecule has 3 nitrogen and oxygen atoms in total. The van der Waals surface area contributed by atoms with Gasteiger partial charge in [0.15, 0.2) is 0 Å². The number of carbonyl (C=O) groups excluding carboxylic acids is 1. The molecule has 0 bridgehead atoms. The SMILES string of the molecule is O=C(Nc1ccc2c(c1)CCCN2)c1ccc(F)cc1Cl. The quantitative estimate of drug-likeness (QED) is 0.877. The maximum absolute atomic E-state index is 13.0. The number of nitrogens with one attached hydrogen (secondary N) is 2. The number of amides is 1. The van der Waals surface area contributed by atoms with E-state index >= 15 is 0 Å². The number of fused-ring (bicyclic) bond motifs is 1. The Balaban J connectivity index is 1.81. The molecule has 2 aromatic carbocycles. The van der Waals surface area contributed by atoms with Crippen LogP contribution in [0.5, 0.6) is 0 Å². The predicted octanol–water partition coefficient (Wildman–Crippen LogP) is 4.09. The number of halogens is 2. The van der Waals surface area contributed by atoms with Gasteiger partial charge in [0, 0.05) is 17.9 Å². The lowest BCUT2D eigenvalue weighted by Gasteiger charge is -2.18. The summed E-state index contributed by atoms with van der Waals surface area (Å²) in [4.78, 5) is 12.2. The number of anilines is 2. The summed E-state index contributed by atoms with van der Waals surface area (Å²) in [5.74, 6) is -0.805. The molecule has 0 saturated heterocycles. The molecule has 0 atom stereocenters. The van der Waals surface area contributed by atoms with Gasteiger partial charge in [-0.2, -0.15) is 0 Å². The Hall–Kier alpha value is -2.07. The summed E-state index contributed by atoms with van der Waals surface area (Å²) in [6.07, 6.45) is 2.07. The second-order valence-corrected chi connectivity index (χ2v) is 5.39. The van der Waals surface area contributed by atoms with Crippen LogP contribution >= 0.6 is 11.6 Å². The molecule has 2 aromatic rings. The van der Waals surface area contributed by atoms with Crippen molar-refractivity contribution in [3.63, 3.8) is 0 Å². The topological polar surface area (TPSA) is 41.1 Å². The number of benzene rings is 2. The highest BCUT2D eigenvalue weighted by Gasteiger charge is 2.13. The van der Waals surface area contributed by atoms with E-state index < -0.39 is 5.82 Å². The zero-order chi connectivity index (χ0) is 14.8. The third-order valence-electron chi connectivity index (χ3n) is 3.48. The molecule has 0 spiro atoms. The smallest absolute Gasteiger partial charge is 0.257 e. The summed E-state index contributed by atoms with van der Waals surface area (Å²) in [6, 6.07) is 9.48. The molecule has 0 fully saturated rings. The Labute approximate surface area is 127 Å². The predicted molar refractivity (Wildman–Crippen MR) is 82.6 cm³/mol. The van der Waals surface area contributed by atoms with Crippen LogP contribution in [0, 0.1) is 5.82 Å². The average molecular weight is 305 g/mol. The second-order valence-electron chi connectivity index (χ2n) is 4.98. The average Bonchev–Trinajstić information content (AvgIpc) is 2.47. The first-order chi connectivity index (χ1) is 10.1. The zero-order valence-electron chi connectivity index (χ0n) is 11.2. The van der Waals surface area contributed by atoms with Crippen LogP contribution < -0.4 is 10.6 Å². The van der Waals surface area contributed by atoms with Gasteiger partial charge >= 0.3 is 0 Å². The number of rotatable bonds is 2. The van der Waals surface area contributed by atoms with Crippen LogP contribution in [0.3, 0.4) is 0 Å². The summed E-state index contributed by atoms with van der Waals surface area (Å²) in [6.45, 7) is 0.976. The first-order valence-electron chi connectivity index (χ1n) is 6.77. The van der Waals surface area contributed by atoms with Gasteiger partial charge in [-0.25, -0.2) is 4.39 Å². The zero-order valence-corrected chi connectivity index (χ0v) is 12.0. The van der Waals surface area contributed by atoms with Gasteiger partial charge in [-0.15, -0.1) is 0 Å². The molecular formula is C16H14ClFN2O. The molecular weight excluding hydrogens is 291 g/mol. The van der Waals surface area contributed by atoms with E-state index in [9.17, 15) is 9.18 Å². The lowest BCUT2D eigenvalue weighted by atomic mass is 10.0. The molecule has 1 aliphatic rings. The van der Waals surface area contributed by atoms with Gasteiger partial charge in [0.1, 0.15) is 5.82 Å². The fraction of sp³-hybridized carbons (Fsp3) is 0.188. The largest absolute Gasteiger partial charge is 0.385 e. The Morgan fingerprint density at radius 1 is 1.24 bits per heavy atom. The van der Waals surface area contributed by atoms with Gasteiger partial charge in [0.05, 0.1) is 10.6 Å². The van der Waals surface area contributed by atoms with E-state index in [-0.39, 0.29) is 16.5 Å². The van der Waals surface area contributed by atoms with Crippen LogP contribution in [0.15, 0.2) is 36.4 Å². The van der Waals surface area contributed by atoms with E-state index in [1.807, 2.05) is 18.2 Å². The lowest BCUT2D eigenvalue weighted by Crippen LogP contribution is -2.15. The van der Waals surface area contributed by atoms with E-state index in [4.69, 9.17) is 11.6 Å². The van der Waals surface area contributed by atoms with E-state index in [0.717, 1.165) is 31.1 Å². The van der Waals surface area contributed by atoms with Crippen molar-refractivity contribution in [2.24, 2.45) is 0 Å². The fourth-order valence-electron chi connectivity index (χ4n) is 2.42. The van der Waals surface area contributed by atoms with Gasteiger partial charge in [0.25, 0.3) is 5.91 Å². The third-order valence-corrected chi connectivity index (χ3v) is 3.79. The van der Waals surface area contributed by atoms with E-state index in [1.54, 1.807) is 0 Å².